The van der Waals surface area contributed by atoms with Crippen molar-refractivity contribution in [2.24, 2.45) is 11.7 Å². The highest BCUT2D eigenvalue weighted by molar-refractivity contribution is 6.00. The number of para-hydroxylation sites is 1. The van der Waals surface area contributed by atoms with Gasteiger partial charge in [-0.05, 0) is 57.2 Å². The van der Waals surface area contributed by atoms with E-state index in [9.17, 15) is 14.4 Å². The van der Waals surface area contributed by atoms with Crippen molar-refractivity contribution in [3.63, 3.8) is 0 Å². The predicted octanol–water partition coefficient (Wildman–Crippen LogP) is 1.76. The topological polar surface area (TPSA) is 137 Å². The van der Waals surface area contributed by atoms with Crippen LogP contribution >= 0.6 is 0 Å². The van der Waals surface area contributed by atoms with Crippen LogP contribution in [-0.4, -0.2) is 46.5 Å². The fraction of sp³-hybridized carbons (Fsp3) is 0.476. The first-order valence-electron chi connectivity index (χ1n) is 10.1. The molecular weight excluding hydrogens is 372 g/mol. The van der Waals surface area contributed by atoms with E-state index in [0.717, 1.165) is 10.9 Å². The maximum Gasteiger partial charge on any atom is 0.306 e. The van der Waals surface area contributed by atoms with Crippen LogP contribution in [0.5, 0.6) is 0 Å². The molecule has 0 radical (unpaired) electrons. The monoisotopic (exact) mass is 400 g/mol. The lowest BCUT2D eigenvalue weighted by molar-refractivity contribution is -0.142. The molecule has 3 rings (SSSR count). The van der Waals surface area contributed by atoms with Crippen LogP contribution in [0.4, 0.5) is 0 Å². The maximum atomic E-state index is 12.8. The summed E-state index contributed by atoms with van der Waals surface area (Å²) in [5.41, 5.74) is 6.85. The largest absolute Gasteiger partial charge is 0.481 e. The number of carbonyl (C=O) groups is 3. The van der Waals surface area contributed by atoms with E-state index in [2.05, 4.69) is 15.6 Å². The molecule has 1 fully saturated rings. The number of carboxylic acid groups (broad SMARTS) is 1. The van der Waals surface area contributed by atoms with E-state index in [1.54, 1.807) is 6.07 Å². The second-order valence-corrected chi connectivity index (χ2v) is 7.62. The molecule has 0 aliphatic heterocycles. The molecule has 1 atom stereocenters. The summed E-state index contributed by atoms with van der Waals surface area (Å²) < 4.78 is 0. The van der Waals surface area contributed by atoms with Gasteiger partial charge in [-0.3, -0.25) is 14.4 Å². The van der Waals surface area contributed by atoms with E-state index in [0.29, 0.717) is 50.8 Å². The van der Waals surface area contributed by atoms with Gasteiger partial charge in [0.05, 0.1) is 5.92 Å². The molecule has 2 aromatic rings. The second-order valence-electron chi connectivity index (χ2n) is 7.62. The number of H-pyrrole nitrogens is 1. The SMILES string of the molecule is NCCCC(NC(=O)c1cc2ccccc2[nH]1)C(=O)NC1CCC(C(=O)O)CC1. The summed E-state index contributed by atoms with van der Waals surface area (Å²) in [6, 6.07) is 8.59. The van der Waals surface area contributed by atoms with E-state index in [1.165, 1.54) is 0 Å². The zero-order valence-corrected chi connectivity index (χ0v) is 16.3. The lowest BCUT2D eigenvalue weighted by atomic mass is 9.86. The third-order valence-corrected chi connectivity index (χ3v) is 5.52. The third-order valence-electron chi connectivity index (χ3n) is 5.52. The lowest BCUT2D eigenvalue weighted by Gasteiger charge is -2.28. The fourth-order valence-corrected chi connectivity index (χ4v) is 3.81. The van der Waals surface area contributed by atoms with Crippen molar-refractivity contribution < 1.29 is 19.5 Å². The normalized spacial score (nSPS) is 20.2. The molecule has 1 heterocycles. The summed E-state index contributed by atoms with van der Waals surface area (Å²) in [5.74, 6) is -1.70. The van der Waals surface area contributed by atoms with Gasteiger partial charge in [0.15, 0.2) is 0 Å². The van der Waals surface area contributed by atoms with E-state index in [1.807, 2.05) is 24.3 Å². The number of rotatable bonds is 8. The summed E-state index contributed by atoms with van der Waals surface area (Å²) in [5, 5.41) is 15.8. The predicted molar refractivity (Wildman–Crippen MR) is 109 cm³/mol. The molecule has 6 N–H and O–H groups in total. The lowest BCUT2D eigenvalue weighted by Crippen LogP contribution is -2.50. The summed E-state index contributed by atoms with van der Waals surface area (Å²) >= 11 is 0. The van der Waals surface area contributed by atoms with Crippen molar-refractivity contribution in [1.82, 2.24) is 15.6 Å². The van der Waals surface area contributed by atoms with Crippen molar-refractivity contribution in [2.45, 2.75) is 50.6 Å². The van der Waals surface area contributed by atoms with Crippen molar-refractivity contribution in [1.29, 1.82) is 0 Å². The van der Waals surface area contributed by atoms with Gasteiger partial charge in [-0.25, -0.2) is 0 Å². The van der Waals surface area contributed by atoms with Gasteiger partial charge in [0.25, 0.3) is 5.91 Å². The Bertz CT molecular complexity index is 837. The van der Waals surface area contributed by atoms with E-state index in [-0.39, 0.29) is 23.8 Å². The highest BCUT2D eigenvalue weighted by Gasteiger charge is 2.29. The molecule has 156 valence electrons. The van der Waals surface area contributed by atoms with E-state index >= 15 is 0 Å². The average molecular weight is 400 g/mol. The number of hydrogen-bond donors (Lipinski definition) is 5. The third kappa shape index (κ3) is 5.35. The molecule has 1 aliphatic carbocycles. The molecule has 1 saturated carbocycles. The Morgan fingerprint density at radius 3 is 2.55 bits per heavy atom. The van der Waals surface area contributed by atoms with Crippen LogP contribution in [0.3, 0.4) is 0 Å². The molecule has 1 aliphatic rings. The van der Waals surface area contributed by atoms with Crippen molar-refractivity contribution in [3.05, 3.63) is 36.0 Å². The van der Waals surface area contributed by atoms with Crippen molar-refractivity contribution in [3.8, 4) is 0 Å². The van der Waals surface area contributed by atoms with Crippen LogP contribution in [0.25, 0.3) is 10.9 Å². The minimum absolute atomic E-state index is 0.0662. The maximum absolute atomic E-state index is 12.8. The fourth-order valence-electron chi connectivity index (χ4n) is 3.81. The number of carboxylic acids is 1. The Kier molecular flexibility index (Phi) is 6.87. The Morgan fingerprint density at radius 1 is 1.17 bits per heavy atom. The Balaban J connectivity index is 1.61. The molecule has 0 saturated heterocycles. The molecule has 1 aromatic carbocycles. The van der Waals surface area contributed by atoms with E-state index < -0.39 is 12.0 Å². The summed E-state index contributed by atoms with van der Waals surface area (Å²) in [4.78, 5) is 39.6. The number of nitrogens with one attached hydrogen (secondary N) is 3. The van der Waals surface area contributed by atoms with Crippen LogP contribution in [0.1, 0.15) is 49.0 Å². The summed E-state index contributed by atoms with van der Waals surface area (Å²) in [6.45, 7) is 0.426. The number of amides is 2. The quantitative estimate of drug-likeness (QED) is 0.460. The van der Waals surface area contributed by atoms with Crippen molar-refractivity contribution in [2.75, 3.05) is 6.54 Å². The Hall–Kier alpha value is -2.87. The number of aromatic nitrogens is 1. The number of nitrogens with two attached hydrogens (primary N) is 1. The van der Waals surface area contributed by atoms with Crippen molar-refractivity contribution >= 4 is 28.7 Å². The number of benzene rings is 1. The minimum Gasteiger partial charge on any atom is -0.481 e. The summed E-state index contributed by atoms with van der Waals surface area (Å²) in [6.07, 6.45) is 3.41. The summed E-state index contributed by atoms with van der Waals surface area (Å²) in [7, 11) is 0. The Morgan fingerprint density at radius 2 is 1.90 bits per heavy atom. The highest BCUT2D eigenvalue weighted by Crippen LogP contribution is 2.24. The zero-order chi connectivity index (χ0) is 20.8. The number of hydrogen-bond acceptors (Lipinski definition) is 4. The first kappa shape index (κ1) is 20.9. The smallest absolute Gasteiger partial charge is 0.306 e. The minimum atomic E-state index is -0.777. The number of carbonyl (C=O) groups excluding carboxylic acids is 2. The number of aromatic amines is 1. The van der Waals surface area contributed by atoms with Crippen LogP contribution in [0, 0.1) is 5.92 Å². The second kappa shape index (κ2) is 9.56. The average Bonchev–Trinajstić information content (AvgIpc) is 3.15. The standard InChI is InChI=1S/C21H28N4O4/c22-11-3-6-17(19(26)23-15-9-7-13(8-10-15)21(28)29)25-20(27)18-12-14-4-1-2-5-16(14)24-18/h1-2,4-5,12-13,15,17,24H,3,6-11,22H2,(H,23,26)(H,25,27)(H,28,29). The van der Waals surface area contributed by atoms with Crippen LogP contribution in [0.2, 0.25) is 0 Å². The first-order chi connectivity index (χ1) is 14.0. The zero-order valence-electron chi connectivity index (χ0n) is 16.3. The first-order valence-corrected chi connectivity index (χ1v) is 10.1. The van der Waals surface area contributed by atoms with Gasteiger partial charge < -0.3 is 26.5 Å². The van der Waals surface area contributed by atoms with Gasteiger partial charge in [0, 0.05) is 16.9 Å². The molecule has 8 heteroatoms. The van der Waals surface area contributed by atoms with E-state index in [4.69, 9.17) is 10.8 Å². The molecule has 1 aromatic heterocycles. The van der Waals surface area contributed by atoms with Crippen LogP contribution in [0.15, 0.2) is 30.3 Å². The Labute approximate surface area is 169 Å². The molecule has 29 heavy (non-hydrogen) atoms. The van der Waals surface area contributed by atoms with Crippen LogP contribution < -0.4 is 16.4 Å². The highest BCUT2D eigenvalue weighted by atomic mass is 16.4. The van der Waals surface area contributed by atoms with Gasteiger partial charge >= 0.3 is 5.97 Å². The van der Waals surface area contributed by atoms with Crippen LogP contribution in [-0.2, 0) is 9.59 Å². The number of fused-ring (bicyclic) bond motifs is 1. The van der Waals surface area contributed by atoms with Gasteiger partial charge in [-0.2, -0.15) is 0 Å². The molecule has 2 amide bonds. The number of aliphatic carboxylic acids is 1. The van der Waals surface area contributed by atoms with Gasteiger partial charge in [0.1, 0.15) is 11.7 Å². The van der Waals surface area contributed by atoms with Gasteiger partial charge in [0.2, 0.25) is 5.91 Å². The molecule has 1 unspecified atom stereocenters. The molecule has 8 nitrogen and oxygen atoms in total. The van der Waals surface area contributed by atoms with Gasteiger partial charge in [-0.1, -0.05) is 18.2 Å². The molecule has 0 spiro atoms. The van der Waals surface area contributed by atoms with Gasteiger partial charge in [-0.15, -0.1) is 0 Å². The molecule has 0 bridgehead atoms. The molecular formula is C21H28N4O4.